The van der Waals surface area contributed by atoms with Crippen molar-refractivity contribution in [2.75, 3.05) is 7.05 Å². The Morgan fingerprint density at radius 3 is 2.15 bits per heavy atom. The lowest BCUT2D eigenvalue weighted by Crippen LogP contribution is -1.73. The summed E-state index contributed by atoms with van der Waals surface area (Å²) in [6.07, 6.45) is 16.3. The first kappa shape index (κ1) is 17.2. The molecule has 100 valence electrons. The van der Waals surface area contributed by atoms with Crippen LogP contribution in [0.4, 0.5) is 0 Å². The number of aliphatic imine (C=N–C) groups is 1. The molecular formula is C19H19N. The second-order valence-electron chi connectivity index (χ2n) is 3.46. The molecule has 0 heterocycles. The number of allylic oxidation sites excluding steroid dienone is 10. The summed E-state index contributed by atoms with van der Waals surface area (Å²) in [4.78, 5) is 3.86. The molecule has 0 fully saturated rings. The SMILES string of the molecule is C=C/C=C\C(C#CC#CC(/C=C\C=N\C)=C/C=C)=C/C. The highest BCUT2D eigenvalue weighted by atomic mass is 14.6. The van der Waals surface area contributed by atoms with Gasteiger partial charge in [-0.05, 0) is 43.1 Å². The Morgan fingerprint density at radius 2 is 1.60 bits per heavy atom. The zero-order chi connectivity index (χ0) is 15.1. The summed E-state index contributed by atoms with van der Waals surface area (Å²) in [5.41, 5.74) is 1.74. The average molecular weight is 261 g/mol. The maximum atomic E-state index is 3.86. The molecule has 0 aliphatic heterocycles. The normalized spacial score (nSPS) is 12.1. The van der Waals surface area contributed by atoms with Crippen LogP contribution >= 0.6 is 0 Å². The molecule has 0 saturated carbocycles. The van der Waals surface area contributed by atoms with E-state index in [9.17, 15) is 0 Å². The smallest absolute Gasteiger partial charge is 0.0277 e. The van der Waals surface area contributed by atoms with E-state index in [0.29, 0.717) is 0 Å². The Hall–Kier alpha value is -2.77. The van der Waals surface area contributed by atoms with Gasteiger partial charge in [-0.15, -0.1) is 0 Å². The van der Waals surface area contributed by atoms with E-state index in [4.69, 9.17) is 0 Å². The molecule has 0 amide bonds. The monoisotopic (exact) mass is 261 g/mol. The number of hydrogen-bond donors (Lipinski definition) is 0. The molecule has 1 nitrogen and oxygen atoms in total. The molecule has 0 atom stereocenters. The summed E-state index contributed by atoms with van der Waals surface area (Å²) >= 11 is 0. The number of nitrogens with zero attached hydrogens (tertiary/aromatic N) is 1. The Morgan fingerprint density at radius 1 is 0.950 bits per heavy atom. The van der Waals surface area contributed by atoms with Crippen molar-refractivity contribution >= 4 is 6.21 Å². The van der Waals surface area contributed by atoms with Crippen LogP contribution in [-0.4, -0.2) is 13.3 Å². The molecule has 0 saturated heterocycles. The summed E-state index contributed by atoms with van der Waals surface area (Å²) in [7, 11) is 1.72. The van der Waals surface area contributed by atoms with Gasteiger partial charge in [0, 0.05) is 24.4 Å². The van der Waals surface area contributed by atoms with Crippen molar-refractivity contribution in [2.45, 2.75) is 6.92 Å². The molecule has 0 aromatic rings. The van der Waals surface area contributed by atoms with Crippen LogP contribution in [0.25, 0.3) is 0 Å². The highest BCUT2D eigenvalue weighted by Gasteiger charge is 1.82. The average Bonchev–Trinajstić information content (AvgIpc) is 2.46. The minimum Gasteiger partial charge on any atom is -0.297 e. The van der Waals surface area contributed by atoms with Crippen molar-refractivity contribution < 1.29 is 0 Å². The Balaban J connectivity index is 4.95. The van der Waals surface area contributed by atoms with Crippen LogP contribution in [0.5, 0.6) is 0 Å². The van der Waals surface area contributed by atoms with Gasteiger partial charge in [-0.1, -0.05) is 49.3 Å². The van der Waals surface area contributed by atoms with Crippen molar-refractivity contribution in [3.05, 3.63) is 72.9 Å². The maximum Gasteiger partial charge on any atom is 0.0277 e. The van der Waals surface area contributed by atoms with Crippen LogP contribution in [0.15, 0.2) is 77.9 Å². The van der Waals surface area contributed by atoms with Crippen molar-refractivity contribution in [1.82, 2.24) is 0 Å². The van der Waals surface area contributed by atoms with Gasteiger partial charge in [-0.25, -0.2) is 0 Å². The van der Waals surface area contributed by atoms with Gasteiger partial charge in [0.2, 0.25) is 0 Å². The van der Waals surface area contributed by atoms with Gasteiger partial charge in [0.1, 0.15) is 0 Å². The van der Waals surface area contributed by atoms with Crippen LogP contribution in [0.3, 0.4) is 0 Å². The third kappa shape index (κ3) is 9.28. The molecule has 0 unspecified atom stereocenters. The fourth-order valence-corrected chi connectivity index (χ4v) is 1.09. The standard InChI is InChI=1S/C19H19N/c1-5-8-13-18(7-3)14-9-10-15-19(12-6-2)16-11-17-20-4/h5-8,11-13,16-17H,1-2H2,3-4H3/b13-8-,16-11-,18-7+,19-12-,20-17+. The van der Waals surface area contributed by atoms with Crippen LogP contribution in [0.1, 0.15) is 6.92 Å². The van der Waals surface area contributed by atoms with Gasteiger partial charge >= 0.3 is 0 Å². The van der Waals surface area contributed by atoms with E-state index >= 15 is 0 Å². The van der Waals surface area contributed by atoms with Gasteiger partial charge in [0.25, 0.3) is 0 Å². The molecule has 0 spiro atoms. The predicted molar refractivity (Wildman–Crippen MR) is 90.5 cm³/mol. The van der Waals surface area contributed by atoms with Crippen molar-refractivity contribution in [3.8, 4) is 23.7 Å². The molecule has 0 radical (unpaired) electrons. The van der Waals surface area contributed by atoms with Crippen molar-refractivity contribution in [1.29, 1.82) is 0 Å². The summed E-state index contributed by atoms with van der Waals surface area (Å²) in [5, 5.41) is 0. The van der Waals surface area contributed by atoms with Gasteiger partial charge < -0.3 is 0 Å². The molecule has 0 aliphatic rings. The van der Waals surface area contributed by atoms with Crippen LogP contribution in [0.2, 0.25) is 0 Å². The van der Waals surface area contributed by atoms with E-state index in [2.05, 4.69) is 41.8 Å². The lowest BCUT2D eigenvalue weighted by Gasteiger charge is -1.85. The molecule has 1 heteroatoms. The van der Waals surface area contributed by atoms with Gasteiger partial charge in [-0.2, -0.15) is 0 Å². The van der Waals surface area contributed by atoms with E-state index < -0.39 is 0 Å². The van der Waals surface area contributed by atoms with Crippen molar-refractivity contribution in [2.24, 2.45) is 4.99 Å². The van der Waals surface area contributed by atoms with Gasteiger partial charge in [-0.3, -0.25) is 4.99 Å². The molecule has 0 aromatic carbocycles. The zero-order valence-corrected chi connectivity index (χ0v) is 12.1. The lowest BCUT2D eigenvalue weighted by atomic mass is 10.2. The topological polar surface area (TPSA) is 12.4 Å². The zero-order valence-electron chi connectivity index (χ0n) is 12.1. The maximum absolute atomic E-state index is 3.86. The van der Waals surface area contributed by atoms with Crippen LogP contribution in [0, 0.1) is 23.7 Å². The minimum absolute atomic E-state index is 0.831. The molecule has 0 aliphatic carbocycles. The second kappa shape index (κ2) is 12.7. The van der Waals surface area contributed by atoms with Crippen LogP contribution < -0.4 is 0 Å². The highest BCUT2D eigenvalue weighted by molar-refractivity contribution is 5.72. The third-order valence-corrected chi connectivity index (χ3v) is 2.01. The van der Waals surface area contributed by atoms with Crippen LogP contribution in [-0.2, 0) is 0 Å². The first-order valence-corrected chi connectivity index (χ1v) is 6.17. The van der Waals surface area contributed by atoms with E-state index in [1.165, 1.54) is 0 Å². The summed E-state index contributed by atoms with van der Waals surface area (Å²) < 4.78 is 0. The molecular weight excluding hydrogens is 242 g/mol. The Labute approximate surface area is 122 Å². The quantitative estimate of drug-likeness (QED) is 0.402. The third-order valence-electron chi connectivity index (χ3n) is 2.01. The molecule has 0 bridgehead atoms. The molecule has 0 N–H and O–H groups in total. The molecule has 20 heavy (non-hydrogen) atoms. The van der Waals surface area contributed by atoms with Crippen molar-refractivity contribution in [3.63, 3.8) is 0 Å². The fraction of sp³-hybridized carbons (Fsp3) is 0.105. The summed E-state index contributed by atoms with van der Waals surface area (Å²) in [6, 6.07) is 0. The fourth-order valence-electron chi connectivity index (χ4n) is 1.09. The van der Waals surface area contributed by atoms with E-state index in [1.54, 1.807) is 25.4 Å². The van der Waals surface area contributed by atoms with E-state index in [1.807, 2.05) is 43.4 Å². The summed E-state index contributed by atoms with van der Waals surface area (Å²) in [5.74, 6) is 11.6. The van der Waals surface area contributed by atoms with Gasteiger partial charge in [0.05, 0.1) is 0 Å². The minimum atomic E-state index is 0.831. The molecule has 0 rings (SSSR count). The number of hydrogen-bond acceptors (Lipinski definition) is 1. The lowest BCUT2D eigenvalue weighted by molar-refractivity contribution is 1.47. The first-order chi connectivity index (χ1) is 9.78. The Bertz CT molecular complexity index is 585. The second-order valence-corrected chi connectivity index (χ2v) is 3.46. The predicted octanol–water partition coefficient (Wildman–Crippen LogP) is 4.05. The number of rotatable bonds is 5. The largest absolute Gasteiger partial charge is 0.297 e. The Kier molecular flexibility index (Phi) is 10.9. The molecule has 0 aromatic heterocycles. The highest BCUT2D eigenvalue weighted by Crippen LogP contribution is 1.96. The first-order valence-electron chi connectivity index (χ1n) is 6.17. The summed E-state index contributed by atoms with van der Waals surface area (Å²) in [6.45, 7) is 9.21. The van der Waals surface area contributed by atoms with Gasteiger partial charge in [0.15, 0.2) is 0 Å². The van der Waals surface area contributed by atoms with E-state index in [0.717, 1.165) is 11.1 Å². The van der Waals surface area contributed by atoms with E-state index in [-0.39, 0.29) is 0 Å².